The monoisotopic (exact) mass is 144 g/mol. The third-order valence-corrected chi connectivity index (χ3v) is 1.88. The molecule has 1 heteroatoms. The van der Waals surface area contributed by atoms with Crippen LogP contribution in [-0.4, -0.2) is 7.85 Å². The molecule has 0 fully saturated rings. The maximum atomic E-state index is 5.48. The summed E-state index contributed by atoms with van der Waals surface area (Å²) in [7, 11) is 5.48. The summed E-state index contributed by atoms with van der Waals surface area (Å²) >= 11 is 0. The predicted octanol–water partition coefficient (Wildman–Crippen LogP) is 2.48. The first-order chi connectivity index (χ1) is 5.24. The fourth-order valence-corrected chi connectivity index (χ4v) is 1.04. The Bertz CT molecular complexity index is 211. The lowest BCUT2D eigenvalue weighted by molar-refractivity contribution is 0.866. The van der Waals surface area contributed by atoms with Gasteiger partial charge in [-0.05, 0) is 11.5 Å². The lowest BCUT2D eigenvalue weighted by Gasteiger charge is -2.05. The standard InChI is InChI=1S/C10H13B/c1-8(2)10-5-3-9(7-11)4-6-10/h3-6,8H,7H2,1-2H3. The summed E-state index contributed by atoms with van der Waals surface area (Å²) in [6.07, 6.45) is 0.637. The van der Waals surface area contributed by atoms with Crippen LogP contribution in [0.25, 0.3) is 0 Å². The van der Waals surface area contributed by atoms with E-state index < -0.39 is 0 Å². The minimum absolute atomic E-state index is 0.613. The quantitative estimate of drug-likeness (QED) is 0.559. The van der Waals surface area contributed by atoms with Crippen LogP contribution in [0.4, 0.5) is 0 Å². The van der Waals surface area contributed by atoms with Crippen molar-refractivity contribution in [2.75, 3.05) is 0 Å². The van der Waals surface area contributed by atoms with Gasteiger partial charge in [0.15, 0.2) is 0 Å². The van der Waals surface area contributed by atoms with E-state index in [9.17, 15) is 0 Å². The van der Waals surface area contributed by atoms with Crippen LogP contribution in [0.15, 0.2) is 24.3 Å². The fraction of sp³-hybridized carbons (Fsp3) is 0.400. The molecule has 0 aromatic heterocycles. The van der Waals surface area contributed by atoms with Gasteiger partial charge in [-0.2, -0.15) is 0 Å². The van der Waals surface area contributed by atoms with Crippen molar-refractivity contribution in [3.8, 4) is 0 Å². The van der Waals surface area contributed by atoms with Gasteiger partial charge in [0.05, 0.1) is 7.85 Å². The summed E-state index contributed by atoms with van der Waals surface area (Å²) in [5, 5.41) is 0. The summed E-state index contributed by atoms with van der Waals surface area (Å²) in [5.41, 5.74) is 2.58. The first-order valence-corrected chi connectivity index (χ1v) is 4.03. The lowest BCUT2D eigenvalue weighted by Crippen LogP contribution is -1.88. The predicted molar refractivity (Wildman–Crippen MR) is 50.0 cm³/mol. The third-order valence-electron chi connectivity index (χ3n) is 1.88. The Hall–Kier alpha value is -0.715. The van der Waals surface area contributed by atoms with Gasteiger partial charge in [0.2, 0.25) is 0 Å². The fourth-order valence-electron chi connectivity index (χ4n) is 1.04. The molecule has 0 unspecified atom stereocenters. The minimum atomic E-state index is 0.613. The highest BCUT2D eigenvalue weighted by atomic mass is 14.0. The van der Waals surface area contributed by atoms with Gasteiger partial charge in [-0.1, -0.05) is 50.0 Å². The van der Waals surface area contributed by atoms with E-state index >= 15 is 0 Å². The van der Waals surface area contributed by atoms with E-state index in [0.29, 0.717) is 12.2 Å². The molecule has 2 radical (unpaired) electrons. The van der Waals surface area contributed by atoms with Gasteiger partial charge < -0.3 is 0 Å². The van der Waals surface area contributed by atoms with Gasteiger partial charge in [-0.3, -0.25) is 0 Å². The molecule has 1 aromatic rings. The lowest BCUT2D eigenvalue weighted by atomic mass is 9.94. The molecule has 0 atom stereocenters. The number of hydrogen-bond acceptors (Lipinski definition) is 0. The number of rotatable bonds is 2. The second-order valence-electron chi connectivity index (χ2n) is 3.10. The number of benzene rings is 1. The molecule has 0 saturated carbocycles. The SMILES string of the molecule is [B]Cc1ccc(C(C)C)cc1. The number of hydrogen-bond donors (Lipinski definition) is 0. The average Bonchev–Trinajstić information content (AvgIpc) is 2.05. The van der Waals surface area contributed by atoms with Crippen molar-refractivity contribution in [1.82, 2.24) is 0 Å². The van der Waals surface area contributed by atoms with Crippen LogP contribution < -0.4 is 0 Å². The van der Waals surface area contributed by atoms with Gasteiger partial charge in [0.1, 0.15) is 0 Å². The maximum absolute atomic E-state index is 5.48. The minimum Gasteiger partial charge on any atom is -0.0643 e. The van der Waals surface area contributed by atoms with E-state index in [1.165, 1.54) is 11.1 Å². The smallest absolute Gasteiger partial charge is 0.0643 e. The summed E-state index contributed by atoms with van der Waals surface area (Å²) in [6.45, 7) is 4.38. The van der Waals surface area contributed by atoms with Crippen molar-refractivity contribution in [1.29, 1.82) is 0 Å². The van der Waals surface area contributed by atoms with Crippen LogP contribution in [0.5, 0.6) is 0 Å². The molecule has 1 rings (SSSR count). The molecule has 1 aromatic carbocycles. The van der Waals surface area contributed by atoms with Crippen molar-refractivity contribution in [2.45, 2.75) is 26.1 Å². The van der Waals surface area contributed by atoms with Gasteiger partial charge >= 0.3 is 0 Å². The Morgan fingerprint density at radius 1 is 1.18 bits per heavy atom. The normalized spacial score (nSPS) is 10.5. The molecular formula is C10H13B. The van der Waals surface area contributed by atoms with E-state index in [1.807, 2.05) is 0 Å². The zero-order valence-corrected chi connectivity index (χ0v) is 7.17. The molecule has 0 nitrogen and oxygen atoms in total. The molecule has 11 heavy (non-hydrogen) atoms. The molecule has 0 aliphatic heterocycles. The molecule has 56 valence electrons. The summed E-state index contributed by atoms with van der Waals surface area (Å²) in [6, 6.07) is 8.48. The van der Waals surface area contributed by atoms with Crippen LogP contribution in [0.3, 0.4) is 0 Å². The average molecular weight is 144 g/mol. The first-order valence-electron chi connectivity index (χ1n) is 4.03. The van der Waals surface area contributed by atoms with Crippen LogP contribution in [-0.2, 0) is 6.32 Å². The summed E-state index contributed by atoms with van der Waals surface area (Å²) < 4.78 is 0. The molecular weight excluding hydrogens is 131 g/mol. The van der Waals surface area contributed by atoms with E-state index in [1.54, 1.807) is 0 Å². The molecule has 0 aliphatic rings. The molecule has 0 heterocycles. The van der Waals surface area contributed by atoms with Crippen molar-refractivity contribution in [2.24, 2.45) is 0 Å². The third kappa shape index (κ3) is 2.11. The second kappa shape index (κ2) is 3.61. The van der Waals surface area contributed by atoms with E-state index in [2.05, 4.69) is 38.1 Å². The molecule has 0 N–H and O–H groups in total. The largest absolute Gasteiger partial charge is 0.0716 e. The van der Waals surface area contributed by atoms with E-state index in [0.717, 1.165) is 0 Å². The van der Waals surface area contributed by atoms with Gasteiger partial charge in [0, 0.05) is 0 Å². The first kappa shape index (κ1) is 8.38. The van der Waals surface area contributed by atoms with Crippen molar-refractivity contribution in [3.05, 3.63) is 35.4 Å². The van der Waals surface area contributed by atoms with Gasteiger partial charge in [-0.25, -0.2) is 0 Å². The van der Waals surface area contributed by atoms with E-state index in [4.69, 9.17) is 7.85 Å². The van der Waals surface area contributed by atoms with Crippen LogP contribution in [0.1, 0.15) is 30.9 Å². The zero-order chi connectivity index (χ0) is 8.27. The molecule has 0 spiro atoms. The summed E-state index contributed by atoms with van der Waals surface area (Å²) in [5.74, 6) is 0.613. The van der Waals surface area contributed by atoms with Crippen LogP contribution in [0.2, 0.25) is 0 Å². The molecule has 0 bridgehead atoms. The van der Waals surface area contributed by atoms with Crippen molar-refractivity contribution >= 4 is 7.85 Å². The topological polar surface area (TPSA) is 0 Å². The van der Waals surface area contributed by atoms with Gasteiger partial charge in [0.25, 0.3) is 0 Å². The Morgan fingerprint density at radius 2 is 1.73 bits per heavy atom. The van der Waals surface area contributed by atoms with E-state index in [-0.39, 0.29) is 0 Å². The Balaban J connectivity index is 2.83. The highest BCUT2D eigenvalue weighted by Gasteiger charge is 1.96. The second-order valence-corrected chi connectivity index (χ2v) is 3.10. The van der Waals surface area contributed by atoms with Crippen LogP contribution >= 0.6 is 0 Å². The molecule has 0 aliphatic carbocycles. The highest BCUT2D eigenvalue weighted by Crippen LogP contribution is 2.14. The summed E-state index contributed by atoms with van der Waals surface area (Å²) in [4.78, 5) is 0. The van der Waals surface area contributed by atoms with Crippen LogP contribution in [0, 0.1) is 0 Å². The van der Waals surface area contributed by atoms with Crippen molar-refractivity contribution in [3.63, 3.8) is 0 Å². The molecule has 0 amide bonds. The Labute approximate surface area is 70.0 Å². The Morgan fingerprint density at radius 3 is 2.09 bits per heavy atom. The van der Waals surface area contributed by atoms with Gasteiger partial charge in [-0.15, -0.1) is 0 Å². The zero-order valence-electron chi connectivity index (χ0n) is 7.17. The maximum Gasteiger partial charge on any atom is 0.0716 e. The Kier molecular flexibility index (Phi) is 2.75. The molecule has 0 saturated heterocycles. The van der Waals surface area contributed by atoms with Crippen molar-refractivity contribution < 1.29 is 0 Å². The highest BCUT2D eigenvalue weighted by molar-refractivity contribution is 6.08.